The predicted octanol–water partition coefficient (Wildman–Crippen LogP) is 4.46. The van der Waals surface area contributed by atoms with Crippen LogP contribution >= 0.6 is 0 Å². The molecule has 0 unspecified atom stereocenters. The Morgan fingerprint density at radius 2 is 1.67 bits per heavy atom. The molecule has 1 aliphatic heterocycles. The van der Waals surface area contributed by atoms with Gasteiger partial charge >= 0.3 is 0 Å². The molecule has 2 N–H and O–H groups in total. The van der Waals surface area contributed by atoms with E-state index in [-0.39, 0.29) is 5.75 Å². The summed E-state index contributed by atoms with van der Waals surface area (Å²) in [5.74, 6) is 2.13. The number of ether oxygens (including phenoxy) is 2. The van der Waals surface area contributed by atoms with Gasteiger partial charge in [0.05, 0.1) is 24.3 Å². The molecule has 1 saturated heterocycles. The Balaban J connectivity index is 1.32. The van der Waals surface area contributed by atoms with Crippen LogP contribution in [0.2, 0.25) is 0 Å². The van der Waals surface area contributed by atoms with Crippen LogP contribution < -0.4 is 10.1 Å². The van der Waals surface area contributed by atoms with Gasteiger partial charge < -0.3 is 19.9 Å². The van der Waals surface area contributed by atoms with Crippen LogP contribution in [0.3, 0.4) is 0 Å². The third-order valence-corrected chi connectivity index (χ3v) is 5.65. The van der Waals surface area contributed by atoms with Gasteiger partial charge in [0.15, 0.2) is 5.82 Å². The van der Waals surface area contributed by atoms with Gasteiger partial charge in [-0.15, -0.1) is 0 Å². The lowest BCUT2D eigenvalue weighted by Crippen LogP contribution is -2.38. The third-order valence-electron chi connectivity index (χ3n) is 5.65. The minimum absolute atomic E-state index is 0.150. The summed E-state index contributed by atoms with van der Waals surface area (Å²) >= 11 is 0. The number of hydrogen-bond acceptors (Lipinski definition) is 7. The number of para-hydroxylation sites is 2. The normalized spacial score (nSPS) is 14.3. The summed E-state index contributed by atoms with van der Waals surface area (Å²) in [6, 6.07) is 22.8. The van der Waals surface area contributed by atoms with Crippen LogP contribution in [0, 0.1) is 0 Å². The van der Waals surface area contributed by atoms with Gasteiger partial charge in [-0.05, 0) is 48.5 Å². The Bertz CT molecular complexity index is 1220. The topological polar surface area (TPSA) is 79.7 Å². The van der Waals surface area contributed by atoms with Crippen molar-refractivity contribution in [3.05, 3.63) is 72.8 Å². The number of hydrogen-bond donors (Lipinski definition) is 2. The molecule has 4 aromatic rings. The number of aromatic hydroxyl groups is 1. The average Bonchev–Trinajstić information content (AvgIpc) is 2.86. The second kappa shape index (κ2) is 9.85. The van der Waals surface area contributed by atoms with Gasteiger partial charge in [0.2, 0.25) is 0 Å². The van der Waals surface area contributed by atoms with Gasteiger partial charge in [0, 0.05) is 30.7 Å². The number of aromatic nitrogens is 2. The summed E-state index contributed by atoms with van der Waals surface area (Å²) in [7, 11) is 0. The van der Waals surface area contributed by atoms with E-state index in [0.29, 0.717) is 23.8 Å². The third kappa shape index (κ3) is 5.05. The summed E-state index contributed by atoms with van der Waals surface area (Å²) < 4.78 is 11.3. The van der Waals surface area contributed by atoms with E-state index >= 15 is 0 Å². The summed E-state index contributed by atoms with van der Waals surface area (Å²) in [4.78, 5) is 11.7. The highest BCUT2D eigenvalue weighted by molar-refractivity contribution is 5.92. The van der Waals surface area contributed by atoms with Crippen molar-refractivity contribution < 1.29 is 14.6 Å². The van der Waals surface area contributed by atoms with E-state index in [1.165, 1.54) is 0 Å². The van der Waals surface area contributed by atoms with Crippen LogP contribution in [0.5, 0.6) is 11.5 Å². The van der Waals surface area contributed by atoms with Gasteiger partial charge in [-0.1, -0.05) is 24.3 Å². The SMILES string of the molecule is Oc1ccccc1-c1nc(Nc2ccc(OCCN3CCOCC3)cc2)c2ccccc2n1. The zero-order valence-electron chi connectivity index (χ0n) is 18.3. The number of phenolic OH excluding ortho intramolecular Hbond substituents is 1. The smallest absolute Gasteiger partial charge is 0.165 e. The van der Waals surface area contributed by atoms with Gasteiger partial charge in [-0.3, -0.25) is 4.90 Å². The van der Waals surface area contributed by atoms with Crippen molar-refractivity contribution in [3.8, 4) is 22.9 Å². The zero-order chi connectivity index (χ0) is 22.5. The minimum Gasteiger partial charge on any atom is -0.507 e. The van der Waals surface area contributed by atoms with Crippen molar-refractivity contribution in [1.82, 2.24) is 14.9 Å². The van der Waals surface area contributed by atoms with Crippen LogP contribution in [0.15, 0.2) is 72.8 Å². The molecular weight excluding hydrogens is 416 g/mol. The fourth-order valence-corrected chi connectivity index (χ4v) is 3.84. The molecule has 1 aliphatic rings. The second-order valence-corrected chi connectivity index (χ2v) is 7.88. The maximum atomic E-state index is 10.3. The summed E-state index contributed by atoms with van der Waals surface area (Å²) in [6.07, 6.45) is 0. The average molecular weight is 443 g/mol. The van der Waals surface area contributed by atoms with Crippen molar-refractivity contribution in [3.63, 3.8) is 0 Å². The maximum Gasteiger partial charge on any atom is 0.165 e. The first-order valence-electron chi connectivity index (χ1n) is 11.1. The molecule has 2 heterocycles. The molecule has 5 rings (SSSR count). The molecule has 0 bridgehead atoms. The maximum absolute atomic E-state index is 10.3. The van der Waals surface area contributed by atoms with Crippen LogP contribution in [-0.2, 0) is 4.74 Å². The fourth-order valence-electron chi connectivity index (χ4n) is 3.84. The Morgan fingerprint density at radius 1 is 0.909 bits per heavy atom. The molecule has 33 heavy (non-hydrogen) atoms. The molecule has 0 spiro atoms. The van der Waals surface area contributed by atoms with E-state index in [1.807, 2.05) is 60.7 Å². The predicted molar refractivity (Wildman–Crippen MR) is 129 cm³/mol. The van der Waals surface area contributed by atoms with Gasteiger partial charge in [0.1, 0.15) is 23.9 Å². The number of phenols is 1. The molecular formula is C26H26N4O3. The highest BCUT2D eigenvalue weighted by Crippen LogP contribution is 2.31. The lowest BCUT2D eigenvalue weighted by molar-refractivity contribution is 0.0322. The van der Waals surface area contributed by atoms with Gasteiger partial charge in [-0.25, -0.2) is 9.97 Å². The number of anilines is 2. The van der Waals surface area contributed by atoms with E-state index in [9.17, 15) is 5.11 Å². The molecule has 0 atom stereocenters. The monoisotopic (exact) mass is 442 g/mol. The van der Waals surface area contributed by atoms with Crippen molar-refractivity contribution in [2.24, 2.45) is 0 Å². The minimum atomic E-state index is 0.150. The van der Waals surface area contributed by atoms with Crippen molar-refractivity contribution in [2.45, 2.75) is 0 Å². The first-order valence-corrected chi connectivity index (χ1v) is 11.1. The number of rotatable bonds is 7. The molecule has 0 saturated carbocycles. The van der Waals surface area contributed by atoms with Crippen LogP contribution in [0.4, 0.5) is 11.5 Å². The molecule has 168 valence electrons. The summed E-state index contributed by atoms with van der Waals surface area (Å²) in [6.45, 7) is 5.05. The summed E-state index contributed by atoms with van der Waals surface area (Å²) in [5, 5.41) is 14.6. The van der Waals surface area contributed by atoms with E-state index in [4.69, 9.17) is 14.5 Å². The van der Waals surface area contributed by atoms with Gasteiger partial charge in [0.25, 0.3) is 0 Å². The molecule has 1 aromatic heterocycles. The Kier molecular flexibility index (Phi) is 6.32. The van der Waals surface area contributed by atoms with E-state index in [0.717, 1.165) is 55.2 Å². The zero-order valence-corrected chi connectivity index (χ0v) is 18.3. The number of fused-ring (bicyclic) bond motifs is 1. The van der Waals surface area contributed by atoms with Crippen LogP contribution in [0.25, 0.3) is 22.3 Å². The molecule has 0 aliphatic carbocycles. The van der Waals surface area contributed by atoms with Crippen molar-refractivity contribution in [2.75, 3.05) is 44.8 Å². The molecule has 0 amide bonds. The van der Waals surface area contributed by atoms with E-state index in [1.54, 1.807) is 12.1 Å². The largest absolute Gasteiger partial charge is 0.507 e. The number of nitrogens with one attached hydrogen (secondary N) is 1. The molecule has 0 radical (unpaired) electrons. The highest BCUT2D eigenvalue weighted by Gasteiger charge is 2.13. The standard InChI is InChI=1S/C26H26N4O3/c31-24-8-4-2-6-22(24)26-28-23-7-3-1-5-21(23)25(29-26)27-19-9-11-20(12-10-19)33-18-15-30-13-16-32-17-14-30/h1-12,31H,13-18H2,(H,27,28,29). The van der Waals surface area contributed by atoms with Crippen molar-refractivity contribution in [1.29, 1.82) is 0 Å². The first kappa shape index (κ1) is 21.2. The van der Waals surface area contributed by atoms with Gasteiger partial charge in [-0.2, -0.15) is 0 Å². The quantitative estimate of drug-likeness (QED) is 0.437. The number of benzene rings is 3. The second-order valence-electron chi connectivity index (χ2n) is 7.88. The van der Waals surface area contributed by atoms with Crippen molar-refractivity contribution >= 4 is 22.4 Å². The molecule has 3 aromatic carbocycles. The molecule has 1 fully saturated rings. The first-order chi connectivity index (χ1) is 16.3. The molecule has 7 heteroatoms. The number of morpholine rings is 1. The lowest BCUT2D eigenvalue weighted by atomic mass is 10.1. The van der Waals surface area contributed by atoms with E-state index < -0.39 is 0 Å². The fraction of sp³-hybridized carbons (Fsp3) is 0.231. The Morgan fingerprint density at radius 3 is 2.48 bits per heavy atom. The van der Waals surface area contributed by atoms with Crippen LogP contribution in [0.1, 0.15) is 0 Å². The van der Waals surface area contributed by atoms with Crippen LogP contribution in [-0.4, -0.2) is 59.4 Å². The summed E-state index contributed by atoms with van der Waals surface area (Å²) in [5.41, 5.74) is 2.29. The lowest BCUT2D eigenvalue weighted by Gasteiger charge is -2.26. The Labute approximate surface area is 192 Å². The highest BCUT2D eigenvalue weighted by atomic mass is 16.5. The molecule has 7 nitrogen and oxygen atoms in total. The Hall–Kier alpha value is -3.68. The van der Waals surface area contributed by atoms with E-state index in [2.05, 4.69) is 15.2 Å². The number of nitrogens with zero attached hydrogens (tertiary/aromatic N) is 3.